The Morgan fingerprint density at radius 1 is 0.828 bits per heavy atom. The molecule has 1 heterocycles. The Bertz CT molecular complexity index is 1290. The first-order chi connectivity index (χ1) is 14.3. The van der Waals surface area contributed by atoms with Gasteiger partial charge in [-0.15, -0.1) is 0 Å². The van der Waals surface area contributed by atoms with Crippen LogP contribution in [0.4, 0.5) is 0 Å². The van der Waals surface area contributed by atoms with Gasteiger partial charge in [-0.05, 0) is 35.2 Å². The third-order valence-electron chi connectivity index (χ3n) is 5.08. The van der Waals surface area contributed by atoms with E-state index in [2.05, 4.69) is 34.9 Å². The second-order valence-electron chi connectivity index (χ2n) is 7.00. The number of rotatable bonds is 5. The van der Waals surface area contributed by atoms with Gasteiger partial charge < -0.3 is 9.30 Å². The summed E-state index contributed by atoms with van der Waals surface area (Å²) in [5.74, 6) is 1.73. The maximum Gasteiger partial charge on any atom is 0.148 e. The van der Waals surface area contributed by atoms with Crippen LogP contribution >= 0.6 is 11.6 Å². The highest BCUT2D eigenvalue weighted by atomic mass is 35.5. The predicted octanol–water partition coefficient (Wildman–Crippen LogP) is 6.47. The number of aromatic nitrogens is 2. The zero-order valence-corrected chi connectivity index (χ0v) is 16.5. The van der Waals surface area contributed by atoms with Gasteiger partial charge in [0.05, 0.1) is 11.0 Å². The van der Waals surface area contributed by atoms with E-state index >= 15 is 0 Å². The first-order valence-electron chi connectivity index (χ1n) is 9.57. The minimum absolute atomic E-state index is 0.382. The lowest BCUT2D eigenvalue weighted by atomic mass is 10.1. The van der Waals surface area contributed by atoms with Gasteiger partial charge in [0.25, 0.3) is 0 Å². The molecule has 0 spiro atoms. The highest BCUT2D eigenvalue weighted by Gasteiger charge is 2.13. The van der Waals surface area contributed by atoms with Gasteiger partial charge in [-0.1, -0.05) is 78.3 Å². The fraction of sp³-hybridized carbons (Fsp3) is 0.0800. The molecule has 0 bridgehead atoms. The summed E-state index contributed by atoms with van der Waals surface area (Å²) in [5.41, 5.74) is 3.14. The number of nitrogens with zero attached hydrogens (tertiary/aromatic N) is 2. The van der Waals surface area contributed by atoms with Crippen LogP contribution in [0.5, 0.6) is 5.75 Å². The smallest absolute Gasteiger partial charge is 0.148 e. The van der Waals surface area contributed by atoms with Crippen molar-refractivity contribution in [3.8, 4) is 5.75 Å². The molecule has 0 N–H and O–H groups in total. The SMILES string of the molecule is Clc1ccc2nc(COc3cccc4ccccc34)n(Cc3ccccc3)c2c1. The summed E-state index contributed by atoms with van der Waals surface area (Å²) in [7, 11) is 0. The van der Waals surface area contributed by atoms with Gasteiger partial charge in [-0.2, -0.15) is 0 Å². The second kappa shape index (κ2) is 7.61. The van der Waals surface area contributed by atoms with Crippen LogP contribution in [0.2, 0.25) is 5.02 Å². The number of ether oxygens (including phenoxy) is 1. The van der Waals surface area contributed by atoms with Crippen LogP contribution in [-0.2, 0) is 13.2 Å². The highest BCUT2D eigenvalue weighted by molar-refractivity contribution is 6.31. The maximum absolute atomic E-state index is 6.27. The minimum Gasteiger partial charge on any atom is -0.485 e. The van der Waals surface area contributed by atoms with Gasteiger partial charge in [0.15, 0.2) is 0 Å². The van der Waals surface area contributed by atoms with E-state index in [4.69, 9.17) is 21.3 Å². The van der Waals surface area contributed by atoms with Crippen LogP contribution in [0.25, 0.3) is 21.8 Å². The molecule has 4 aromatic carbocycles. The molecule has 0 fully saturated rings. The molecule has 5 aromatic rings. The lowest BCUT2D eigenvalue weighted by molar-refractivity contribution is 0.295. The fourth-order valence-corrected chi connectivity index (χ4v) is 3.83. The van der Waals surface area contributed by atoms with Crippen molar-refractivity contribution in [2.75, 3.05) is 0 Å². The number of hydrogen-bond donors (Lipinski definition) is 0. The summed E-state index contributed by atoms with van der Waals surface area (Å²) in [6.45, 7) is 1.10. The molecule has 1 aromatic heterocycles. The summed E-state index contributed by atoms with van der Waals surface area (Å²) >= 11 is 6.27. The standard InChI is InChI=1S/C25H19ClN2O/c26-20-13-14-22-23(15-20)28(16-18-7-2-1-3-8-18)25(27-22)17-29-24-12-6-10-19-9-4-5-11-21(19)24/h1-15H,16-17H2. The van der Waals surface area contributed by atoms with Crippen LogP contribution in [-0.4, -0.2) is 9.55 Å². The van der Waals surface area contributed by atoms with Crippen LogP contribution in [0.3, 0.4) is 0 Å². The lowest BCUT2D eigenvalue weighted by Gasteiger charge is -2.12. The van der Waals surface area contributed by atoms with Crippen molar-refractivity contribution in [3.05, 3.63) is 107 Å². The molecule has 4 heteroatoms. The summed E-state index contributed by atoms with van der Waals surface area (Å²) < 4.78 is 8.41. The largest absolute Gasteiger partial charge is 0.485 e. The summed E-state index contributed by atoms with van der Waals surface area (Å²) in [6, 6.07) is 30.5. The van der Waals surface area contributed by atoms with Crippen molar-refractivity contribution >= 4 is 33.4 Å². The molecule has 0 aliphatic heterocycles. The maximum atomic E-state index is 6.27. The number of imidazole rings is 1. The monoisotopic (exact) mass is 398 g/mol. The Morgan fingerprint density at radius 2 is 1.62 bits per heavy atom. The summed E-state index contributed by atoms with van der Waals surface area (Å²) in [6.07, 6.45) is 0. The fourth-order valence-electron chi connectivity index (χ4n) is 3.66. The molecule has 142 valence electrons. The third kappa shape index (κ3) is 3.57. The van der Waals surface area contributed by atoms with E-state index < -0.39 is 0 Å². The highest BCUT2D eigenvalue weighted by Crippen LogP contribution is 2.27. The molecule has 0 saturated heterocycles. The Labute approximate surface area is 174 Å². The van der Waals surface area contributed by atoms with E-state index in [0.717, 1.165) is 33.4 Å². The molecule has 5 rings (SSSR count). The molecule has 0 radical (unpaired) electrons. The van der Waals surface area contributed by atoms with Gasteiger partial charge in [-0.3, -0.25) is 0 Å². The number of fused-ring (bicyclic) bond motifs is 2. The molecule has 0 amide bonds. The van der Waals surface area contributed by atoms with E-state index in [-0.39, 0.29) is 0 Å². The number of halogens is 1. The van der Waals surface area contributed by atoms with Gasteiger partial charge >= 0.3 is 0 Å². The van der Waals surface area contributed by atoms with E-state index in [1.54, 1.807) is 0 Å². The molecule has 0 atom stereocenters. The van der Waals surface area contributed by atoms with Crippen LogP contribution < -0.4 is 4.74 Å². The minimum atomic E-state index is 0.382. The quantitative estimate of drug-likeness (QED) is 0.339. The van der Waals surface area contributed by atoms with Crippen molar-refractivity contribution < 1.29 is 4.74 Å². The van der Waals surface area contributed by atoms with Gasteiger partial charge in [-0.25, -0.2) is 4.98 Å². The normalized spacial score (nSPS) is 11.2. The molecule has 0 saturated carbocycles. The van der Waals surface area contributed by atoms with Gasteiger partial charge in [0.2, 0.25) is 0 Å². The van der Waals surface area contributed by atoms with Crippen molar-refractivity contribution in [2.45, 2.75) is 13.2 Å². The summed E-state index contributed by atoms with van der Waals surface area (Å²) in [5, 5.41) is 2.96. The third-order valence-corrected chi connectivity index (χ3v) is 5.31. The molecule has 0 unspecified atom stereocenters. The van der Waals surface area contributed by atoms with Crippen molar-refractivity contribution in [1.29, 1.82) is 0 Å². The Hall–Kier alpha value is -3.30. The molecular weight excluding hydrogens is 380 g/mol. The Balaban J connectivity index is 1.53. The Morgan fingerprint density at radius 3 is 2.52 bits per heavy atom. The van der Waals surface area contributed by atoms with E-state index in [9.17, 15) is 0 Å². The zero-order chi connectivity index (χ0) is 19.6. The van der Waals surface area contributed by atoms with Crippen LogP contribution in [0.1, 0.15) is 11.4 Å². The zero-order valence-electron chi connectivity index (χ0n) is 15.8. The lowest BCUT2D eigenvalue weighted by Crippen LogP contribution is -2.08. The Kier molecular flexibility index (Phi) is 4.66. The van der Waals surface area contributed by atoms with E-state index in [0.29, 0.717) is 18.2 Å². The molecule has 3 nitrogen and oxygen atoms in total. The van der Waals surface area contributed by atoms with Crippen molar-refractivity contribution in [1.82, 2.24) is 9.55 Å². The van der Waals surface area contributed by atoms with Gasteiger partial charge in [0, 0.05) is 17.0 Å². The molecule has 29 heavy (non-hydrogen) atoms. The van der Waals surface area contributed by atoms with Crippen LogP contribution in [0, 0.1) is 0 Å². The topological polar surface area (TPSA) is 27.1 Å². The molecule has 0 aliphatic carbocycles. The molecule has 0 aliphatic rings. The second-order valence-corrected chi connectivity index (χ2v) is 7.44. The first-order valence-corrected chi connectivity index (χ1v) is 9.95. The first kappa shape index (κ1) is 17.8. The van der Waals surface area contributed by atoms with Crippen molar-refractivity contribution in [3.63, 3.8) is 0 Å². The van der Waals surface area contributed by atoms with E-state index in [1.807, 2.05) is 60.7 Å². The molecular formula is C25H19ClN2O. The average molecular weight is 399 g/mol. The number of benzene rings is 4. The average Bonchev–Trinajstić information content (AvgIpc) is 3.09. The number of hydrogen-bond acceptors (Lipinski definition) is 2. The predicted molar refractivity (Wildman–Crippen MR) is 119 cm³/mol. The van der Waals surface area contributed by atoms with Crippen LogP contribution in [0.15, 0.2) is 91.0 Å². The van der Waals surface area contributed by atoms with E-state index in [1.165, 1.54) is 5.56 Å². The van der Waals surface area contributed by atoms with Gasteiger partial charge in [0.1, 0.15) is 18.2 Å². The van der Waals surface area contributed by atoms with Crippen molar-refractivity contribution in [2.24, 2.45) is 0 Å². The summed E-state index contributed by atoms with van der Waals surface area (Å²) in [4.78, 5) is 4.82.